The molecule has 0 aromatic heterocycles. The average molecular weight is 113 g/mol. The van der Waals surface area contributed by atoms with Crippen LogP contribution in [-0.2, 0) is 4.74 Å². The molecule has 46 valence electrons. The third-order valence-corrected chi connectivity index (χ3v) is 1.33. The van der Waals surface area contributed by atoms with E-state index in [4.69, 9.17) is 4.74 Å². The summed E-state index contributed by atoms with van der Waals surface area (Å²) in [5, 5.41) is 0. The third kappa shape index (κ3) is 1.46. The van der Waals surface area contributed by atoms with Gasteiger partial charge in [0.05, 0.1) is 19.8 Å². The van der Waals surface area contributed by atoms with Gasteiger partial charge in [0.1, 0.15) is 0 Å². The van der Waals surface area contributed by atoms with Gasteiger partial charge in [-0.2, -0.15) is 0 Å². The van der Waals surface area contributed by atoms with E-state index in [2.05, 4.69) is 11.4 Å². The first-order chi connectivity index (χ1) is 3.93. The van der Waals surface area contributed by atoms with Crippen molar-refractivity contribution in [3.8, 4) is 0 Å². The van der Waals surface area contributed by atoms with Gasteiger partial charge in [-0.25, -0.2) is 0 Å². The fourth-order valence-corrected chi connectivity index (χ4v) is 0.787. The summed E-state index contributed by atoms with van der Waals surface area (Å²) in [4.78, 5) is 2.14. The molecular weight excluding hydrogens is 102 g/mol. The molecule has 2 heteroatoms. The van der Waals surface area contributed by atoms with Crippen LogP contribution in [-0.4, -0.2) is 31.2 Å². The van der Waals surface area contributed by atoms with Crippen LogP contribution in [0.4, 0.5) is 0 Å². The quantitative estimate of drug-likeness (QED) is 0.487. The van der Waals surface area contributed by atoms with E-state index in [9.17, 15) is 0 Å². The van der Waals surface area contributed by atoms with Gasteiger partial charge in [-0.1, -0.05) is 0 Å². The van der Waals surface area contributed by atoms with Crippen molar-refractivity contribution in [2.45, 2.75) is 6.92 Å². The van der Waals surface area contributed by atoms with E-state index in [1.165, 1.54) is 0 Å². The van der Waals surface area contributed by atoms with Crippen molar-refractivity contribution in [1.82, 2.24) is 4.90 Å². The van der Waals surface area contributed by atoms with Gasteiger partial charge in [-0.15, -0.1) is 0 Å². The van der Waals surface area contributed by atoms with Gasteiger partial charge in [0.15, 0.2) is 0 Å². The highest BCUT2D eigenvalue weighted by atomic mass is 16.5. The lowest BCUT2D eigenvalue weighted by atomic mass is 10.4. The number of nitrogens with zero attached hydrogens (tertiary/aromatic N) is 1. The zero-order valence-electron chi connectivity index (χ0n) is 5.18. The van der Waals surface area contributed by atoms with Crippen LogP contribution in [0.25, 0.3) is 0 Å². The minimum Gasteiger partial charge on any atom is -0.379 e. The first-order valence-corrected chi connectivity index (χ1v) is 2.93. The summed E-state index contributed by atoms with van der Waals surface area (Å²) in [5.41, 5.74) is 0. The Bertz CT molecular complexity index is 59.5. The molecule has 1 rings (SSSR count). The Morgan fingerprint density at radius 3 is 2.38 bits per heavy atom. The van der Waals surface area contributed by atoms with Crippen LogP contribution >= 0.6 is 0 Å². The lowest BCUT2D eigenvalue weighted by Gasteiger charge is -2.23. The van der Waals surface area contributed by atoms with Crippen LogP contribution in [0, 0.1) is 6.54 Å². The zero-order valence-corrected chi connectivity index (χ0v) is 5.18. The fraction of sp³-hybridized carbons (Fsp3) is 0.833. The average Bonchev–Trinajstić information content (AvgIpc) is 1.90. The Morgan fingerprint density at radius 1 is 1.38 bits per heavy atom. The van der Waals surface area contributed by atoms with Gasteiger partial charge in [0, 0.05) is 13.1 Å². The second-order valence-electron chi connectivity index (χ2n) is 1.82. The molecule has 0 spiro atoms. The molecule has 2 nitrogen and oxygen atoms in total. The minimum atomic E-state index is 0.862. The van der Waals surface area contributed by atoms with E-state index in [1.807, 2.05) is 6.92 Å². The molecule has 0 unspecified atom stereocenters. The van der Waals surface area contributed by atoms with Crippen LogP contribution in [0.2, 0.25) is 0 Å². The molecule has 0 aromatic carbocycles. The summed E-state index contributed by atoms with van der Waals surface area (Å²) in [7, 11) is 0. The highest BCUT2D eigenvalue weighted by Gasteiger charge is 2.06. The first kappa shape index (κ1) is 6.05. The van der Waals surface area contributed by atoms with Crippen molar-refractivity contribution in [2.24, 2.45) is 0 Å². The van der Waals surface area contributed by atoms with Crippen LogP contribution < -0.4 is 0 Å². The Labute approximate surface area is 50.4 Å². The molecule has 1 aliphatic rings. The molecule has 0 bridgehead atoms. The maximum absolute atomic E-state index is 5.12. The van der Waals surface area contributed by atoms with E-state index < -0.39 is 0 Å². The third-order valence-electron chi connectivity index (χ3n) is 1.33. The second kappa shape index (κ2) is 3.05. The van der Waals surface area contributed by atoms with Crippen LogP contribution in [0.1, 0.15) is 6.92 Å². The van der Waals surface area contributed by atoms with Crippen LogP contribution in [0.3, 0.4) is 0 Å². The highest BCUT2D eigenvalue weighted by Crippen LogP contribution is 1.96. The van der Waals surface area contributed by atoms with Crippen molar-refractivity contribution in [3.63, 3.8) is 0 Å². The molecule has 1 aliphatic heterocycles. The Kier molecular flexibility index (Phi) is 2.30. The summed E-state index contributed by atoms with van der Waals surface area (Å²) in [5.74, 6) is 0. The van der Waals surface area contributed by atoms with Gasteiger partial charge in [0.2, 0.25) is 0 Å². The van der Waals surface area contributed by atoms with Gasteiger partial charge < -0.3 is 4.74 Å². The maximum atomic E-state index is 5.12. The van der Waals surface area contributed by atoms with Crippen molar-refractivity contribution in [2.75, 3.05) is 26.3 Å². The van der Waals surface area contributed by atoms with Crippen molar-refractivity contribution < 1.29 is 4.74 Å². The largest absolute Gasteiger partial charge is 0.379 e. The smallest absolute Gasteiger partial charge is 0.0594 e. The monoisotopic (exact) mass is 113 g/mol. The summed E-state index contributed by atoms with van der Waals surface area (Å²) in [6, 6.07) is 0. The standard InChI is InChI=1S/C6H11NO/c1-2-7-3-5-8-6-4-7/h3-6H2,1H3. The lowest BCUT2D eigenvalue weighted by molar-refractivity contribution is 0.0518. The summed E-state index contributed by atoms with van der Waals surface area (Å²) in [6.45, 7) is 8.74. The molecule has 1 heterocycles. The second-order valence-corrected chi connectivity index (χ2v) is 1.82. The summed E-state index contributed by atoms with van der Waals surface area (Å²) >= 11 is 0. The van der Waals surface area contributed by atoms with E-state index in [0.717, 1.165) is 26.3 Å². The lowest BCUT2D eigenvalue weighted by Crippen LogP contribution is -2.33. The summed E-state index contributed by atoms with van der Waals surface area (Å²) < 4.78 is 5.12. The molecule has 0 saturated carbocycles. The topological polar surface area (TPSA) is 12.5 Å². The van der Waals surface area contributed by atoms with E-state index in [0.29, 0.717) is 0 Å². The number of hydrogen-bond acceptors (Lipinski definition) is 2. The first-order valence-electron chi connectivity index (χ1n) is 2.93. The predicted molar refractivity (Wildman–Crippen MR) is 31.3 cm³/mol. The van der Waals surface area contributed by atoms with Crippen LogP contribution in [0.15, 0.2) is 0 Å². The van der Waals surface area contributed by atoms with E-state index in [-0.39, 0.29) is 0 Å². The van der Waals surface area contributed by atoms with Gasteiger partial charge in [-0.05, 0) is 6.92 Å². The van der Waals surface area contributed by atoms with Crippen molar-refractivity contribution in [3.05, 3.63) is 6.54 Å². The Balaban J connectivity index is 2.13. The number of hydrogen-bond donors (Lipinski definition) is 0. The maximum Gasteiger partial charge on any atom is 0.0594 e. The number of ether oxygens (including phenoxy) is 1. The van der Waals surface area contributed by atoms with E-state index >= 15 is 0 Å². The van der Waals surface area contributed by atoms with Crippen molar-refractivity contribution >= 4 is 0 Å². The molecule has 2 radical (unpaired) electrons. The molecule has 0 amide bonds. The molecule has 0 atom stereocenters. The Hall–Kier alpha value is -0.0800. The van der Waals surface area contributed by atoms with Gasteiger partial charge in [0.25, 0.3) is 0 Å². The fourth-order valence-electron chi connectivity index (χ4n) is 0.787. The summed E-state index contributed by atoms with van der Waals surface area (Å²) in [6.07, 6.45) is 0. The van der Waals surface area contributed by atoms with Gasteiger partial charge in [-0.3, -0.25) is 4.90 Å². The normalized spacial score (nSPS) is 23.6. The zero-order chi connectivity index (χ0) is 5.82. The predicted octanol–water partition coefficient (Wildman–Crippen LogP) is 0.377. The molecule has 0 aliphatic carbocycles. The molecule has 0 aromatic rings. The van der Waals surface area contributed by atoms with E-state index in [1.54, 1.807) is 0 Å². The van der Waals surface area contributed by atoms with Crippen LogP contribution in [0.5, 0.6) is 0 Å². The Morgan fingerprint density at radius 2 is 2.00 bits per heavy atom. The molecule has 8 heavy (non-hydrogen) atoms. The number of morpholine rings is 1. The van der Waals surface area contributed by atoms with Crippen molar-refractivity contribution in [1.29, 1.82) is 0 Å². The highest BCUT2D eigenvalue weighted by molar-refractivity contribution is 4.65. The minimum absolute atomic E-state index is 0.862. The number of rotatable bonds is 1. The molecule has 1 saturated heterocycles. The van der Waals surface area contributed by atoms with Gasteiger partial charge >= 0.3 is 0 Å². The SMILES string of the molecule is C[C]N1CCOCC1. The molecular formula is C6H11NO. The molecule has 1 fully saturated rings. The molecule has 0 N–H and O–H groups in total.